The average Bonchev–Trinajstić information content (AvgIpc) is 3.25. The molecule has 1 aromatic carbocycles. The van der Waals surface area contributed by atoms with Gasteiger partial charge in [0.2, 0.25) is 0 Å². The van der Waals surface area contributed by atoms with Crippen LogP contribution in [0.15, 0.2) is 47.2 Å². The smallest absolute Gasteiger partial charge is 0.134 e. The third-order valence-corrected chi connectivity index (χ3v) is 3.59. The zero-order valence-corrected chi connectivity index (χ0v) is 12.1. The molecule has 0 saturated heterocycles. The highest BCUT2D eigenvalue weighted by Gasteiger charge is 2.20. The van der Waals surface area contributed by atoms with Gasteiger partial charge in [-0.1, -0.05) is 15.9 Å². The number of hydrogen-bond acceptors (Lipinski definition) is 3. The van der Waals surface area contributed by atoms with E-state index in [0.29, 0.717) is 6.04 Å². The van der Waals surface area contributed by atoms with Crippen molar-refractivity contribution in [2.45, 2.75) is 25.4 Å². The molecule has 1 aliphatic carbocycles. The Labute approximate surface area is 121 Å². The summed E-state index contributed by atoms with van der Waals surface area (Å²) in [6, 6.07) is 10.4. The quantitative estimate of drug-likeness (QED) is 0.908. The summed E-state index contributed by atoms with van der Waals surface area (Å²) in [5.41, 5.74) is 1.09. The lowest BCUT2D eigenvalue weighted by Gasteiger charge is -2.11. The lowest BCUT2D eigenvalue weighted by molar-refractivity contribution is 0.471. The van der Waals surface area contributed by atoms with Gasteiger partial charge in [0, 0.05) is 35.0 Å². The maximum atomic E-state index is 5.92. The maximum absolute atomic E-state index is 5.92. The molecule has 1 aromatic heterocycles. The fourth-order valence-corrected chi connectivity index (χ4v) is 2.08. The average molecular weight is 319 g/mol. The fourth-order valence-electron chi connectivity index (χ4n) is 1.82. The van der Waals surface area contributed by atoms with E-state index < -0.39 is 0 Å². The second-order valence-corrected chi connectivity index (χ2v) is 5.61. The van der Waals surface area contributed by atoms with Crippen LogP contribution in [0.2, 0.25) is 0 Å². The zero-order chi connectivity index (χ0) is 13.1. The van der Waals surface area contributed by atoms with Crippen LogP contribution in [0.4, 0.5) is 0 Å². The first-order valence-corrected chi connectivity index (χ1v) is 7.20. The van der Waals surface area contributed by atoms with Crippen LogP contribution in [-0.4, -0.2) is 11.0 Å². The van der Waals surface area contributed by atoms with Crippen LogP contribution in [0.3, 0.4) is 0 Å². The summed E-state index contributed by atoms with van der Waals surface area (Å²) in [5.74, 6) is 1.70. The van der Waals surface area contributed by atoms with Crippen molar-refractivity contribution in [1.82, 2.24) is 10.3 Å². The molecular weight excluding hydrogens is 304 g/mol. The minimum absolute atomic E-state index is 0.681. The van der Waals surface area contributed by atoms with Crippen LogP contribution in [-0.2, 0) is 6.54 Å². The summed E-state index contributed by atoms with van der Waals surface area (Å²) < 4.78 is 6.96. The predicted molar refractivity (Wildman–Crippen MR) is 78.3 cm³/mol. The van der Waals surface area contributed by atoms with Crippen molar-refractivity contribution in [3.05, 3.63) is 52.8 Å². The van der Waals surface area contributed by atoms with Gasteiger partial charge in [-0.2, -0.15) is 0 Å². The second-order valence-electron chi connectivity index (χ2n) is 4.69. The minimum Gasteiger partial charge on any atom is -0.457 e. The van der Waals surface area contributed by atoms with Crippen LogP contribution in [0.25, 0.3) is 0 Å². The van der Waals surface area contributed by atoms with E-state index >= 15 is 0 Å². The molecular formula is C15H15BrN2O. The summed E-state index contributed by atoms with van der Waals surface area (Å²) in [7, 11) is 0. The van der Waals surface area contributed by atoms with Crippen molar-refractivity contribution < 1.29 is 4.74 Å². The summed E-state index contributed by atoms with van der Waals surface area (Å²) in [6.07, 6.45) is 6.19. The molecule has 1 fully saturated rings. The molecule has 0 unspecified atom stereocenters. The highest BCUT2D eigenvalue weighted by atomic mass is 79.9. The van der Waals surface area contributed by atoms with Gasteiger partial charge in [-0.05, 0) is 43.2 Å². The van der Waals surface area contributed by atoms with E-state index in [1.54, 1.807) is 6.20 Å². The molecule has 0 amide bonds. The first-order chi connectivity index (χ1) is 9.31. The Morgan fingerprint density at radius 3 is 2.74 bits per heavy atom. The first kappa shape index (κ1) is 12.6. The van der Waals surface area contributed by atoms with Gasteiger partial charge < -0.3 is 10.1 Å². The molecule has 1 aliphatic rings. The van der Waals surface area contributed by atoms with Crippen molar-refractivity contribution in [1.29, 1.82) is 0 Å². The molecule has 1 heterocycles. The SMILES string of the molecule is Brc1ccc(Oc2ccncc2CNC2CC2)cc1. The van der Waals surface area contributed by atoms with E-state index in [-0.39, 0.29) is 0 Å². The Hall–Kier alpha value is -1.39. The number of nitrogens with one attached hydrogen (secondary N) is 1. The largest absolute Gasteiger partial charge is 0.457 e. The van der Waals surface area contributed by atoms with Gasteiger partial charge in [0.15, 0.2) is 0 Å². The normalized spacial score (nSPS) is 14.4. The Balaban J connectivity index is 1.73. The van der Waals surface area contributed by atoms with E-state index in [2.05, 4.69) is 26.2 Å². The standard InChI is InChI=1S/C15H15BrN2O/c16-12-1-5-14(6-2-12)19-15-7-8-17-9-11(15)10-18-13-3-4-13/h1-2,5-9,13,18H,3-4,10H2. The number of aromatic nitrogens is 1. The Morgan fingerprint density at radius 1 is 1.21 bits per heavy atom. The summed E-state index contributed by atoms with van der Waals surface area (Å²) >= 11 is 3.42. The van der Waals surface area contributed by atoms with Gasteiger partial charge >= 0.3 is 0 Å². The van der Waals surface area contributed by atoms with Crippen LogP contribution >= 0.6 is 15.9 Å². The van der Waals surface area contributed by atoms with E-state index in [4.69, 9.17) is 4.74 Å². The molecule has 1 N–H and O–H groups in total. The molecule has 0 bridgehead atoms. The fraction of sp³-hybridized carbons (Fsp3) is 0.267. The lowest BCUT2D eigenvalue weighted by Crippen LogP contribution is -2.15. The van der Waals surface area contributed by atoms with Crippen molar-refractivity contribution >= 4 is 15.9 Å². The highest BCUT2D eigenvalue weighted by molar-refractivity contribution is 9.10. The van der Waals surface area contributed by atoms with Gasteiger partial charge in [-0.15, -0.1) is 0 Å². The molecule has 0 radical (unpaired) electrons. The molecule has 19 heavy (non-hydrogen) atoms. The minimum atomic E-state index is 0.681. The third-order valence-electron chi connectivity index (χ3n) is 3.06. The molecule has 4 heteroatoms. The van der Waals surface area contributed by atoms with Crippen molar-refractivity contribution in [2.24, 2.45) is 0 Å². The van der Waals surface area contributed by atoms with E-state index in [1.165, 1.54) is 12.8 Å². The monoisotopic (exact) mass is 318 g/mol. The van der Waals surface area contributed by atoms with Gasteiger partial charge in [-0.25, -0.2) is 0 Å². The van der Waals surface area contributed by atoms with Gasteiger partial charge in [-0.3, -0.25) is 4.98 Å². The summed E-state index contributed by atoms with van der Waals surface area (Å²) in [4.78, 5) is 4.17. The van der Waals surface area contributed by atoms with Gasteiger partial charge in [0.25, 0.3) is 0 Å². The van der Waals surface area contributed by atoms with Crippen molar-refractivity contribution in [2.75, 3.05) is 0 Å². The molecule has 3 rings (SSSR count). The molecule has 3 nitrogen and oxygen atoms in total. The van der Waals surface area contributed by atoms with Crippen LogP contribution in [0, 0.1) is 0 Å². The van der Waals surface area contributed by atoms with Gasteiger partial charge in [0.1, 0.15) is 11.5 Å². The van der Waals surface area contributed by atoms with Crippen LogP contribution in [0.5, 0.6) is 11.5 Å². The third kappa shape index (κ3) is 3.55. The second kappa shape index (κ2) is 5.72. The summed E-state index contributed by atoms with van der Waals surface area (Å²) in [5, 5.41) is 3.48. The maximum Gasteiger partial charge on any atom is 0.134 e. The topological polar surface area (TPSA) is 34.1 Å². The van der Waals surface area contributed by atoms with Crippen molar-refractivity contribution in [3.63, 3.8) is 0 Å². The number of ether oxygens (including phenoxy) is 1. The Kier molecular flexibility index (Phi) is 3.80. The number of hydrogen-bond donors (Lipinski definition) is 1. The van der Waals surface area contributed by atoms with E-state index in [1.807, 2.05) is 36.5 Å². The number of benzene rings is 1. The molecule has 2 aromatic rings. The Bertz CT molecular complexity index is 552. The number of nitrogens with zero attached hydrogens (tertiary/aromatic N) is 1. The predicted octanol–water partition coefficient (Wildman–Crippen LogP) is 3.89. The van der Waals surface area contributed by atoms with Crippen molar-refractivity contribution in [3.8, 4) is 11.5 Å². The first-order valence-electron chi connectivity index (χ1n) is 6.41. The lowest BCUT2D eigenvalue weighted by atomic mass is 10.2. The van der Waals surface area contributed by atoms with E-state index in [0.717, 1.165) is 28.1 Å². The molecule has 1 saturated carbocycles. The molecule has 0 spiro atoms. The molecule has 98 valence electrons. The van der Waals surface area contributed by atoms with Gasteiger partial charge in [0.05, 0.1) is 0 Å². The Morgan fingerprint density at radius 2 is 2.00 bits per heavy atom. The number of halogens is 1. The highest BCUT2D eigenvalue weighted by Crippen LogP contribution is 2.27. The summed E-state index contributed by atoms with van der Waals surface area (Å²) in [6.45, 7) is 0.810. The van der Waals surface area contributed by atoms with Crippen LogP contribution < -0.4 is 10.1 Å². The molecule has 0 atom stereocenters. The van der Waals surface area contributed by atoms with Crippen LogP contribution in [0.1, 0.15) is 18.4 Å². The van der Waals surface area contributed by atoms with E-state index in [9.17, 15) is 0 Å². The number of rotatable bonds is 5. The number of pyridine rings is 1. The molecule has 0 aliphatic heterocycles. The zero-order valence-electron chi connectivity index (χ0n) is 10.5.